The van der Waals surface area contributed by atoms with Crippen LogP contribution in [0.2, 0.25) is 0 Å². The number of ether oxygens (including phenoxy) is 3. The highest BCUT2D eigenvalue weighted by atomic mass is 16.7. The summed E-state index contributed by atoms with van der Waals surface area (Å²) in [6.45, 7) is 1.90. The predicted molar refractivity (Wildman–Crippen MR) is 87.3 cm³/mol. The molecule has 2 aromatic carbocycles. The van der Waals surface area contributed by atoms with E-state index in [9.17, 15) is 4.79 Å². The van der Waals surface area contributed by atoms with Crippen LogP contribution in [-0.2, 0) is 7.05 Å². The lowest BCUT2D eigenvalue weighted by molar-refractivity contribution is 0.148. The Morgan fingerprint density at radius 1 is 1.00 bits per heavy atom. The summed E-state index contributed by atoms with van der Waals surface area (Å²) in [6, 6.07) is 14.5. The molecule has 0 unspecified atom stereocenters. The van der Waals surface area contributed by atoms with Crippen molar-refractivity contribution in [2.45, 2.75) is 6.92 Å². The minimum Gasteiger partial charge on any atom is -0.497 e. The molecular weight excluding hydrogens is 294 g/mol. The van der Waals surface area contributed by atoms with Gasteiger partial charge in [0, 0.05) is 18.0 Å². The molecule has 5 heteroatoms. The zero-order valence-electron chi connectivity index (χ0n) is 13.2. The summed E-state index contributed by atoms with van der Waals surface area (Å²) in [6.07, 6.45) is -0.767. The van der Waals surface area contributed by atoms with Gasteiger partial charge < -0.3 is 18.8 Å². The molecule has 0 amide bonds. The van der Waals surface area contributed by atoms with Crippen molar-refractivity contribution in [3.63, 3.8) is 0 Å². The third kappa shape index (κ3) is 2.85. The van der Waals surface area contributed by atoms with Crippen molar-refractivity contribution in [1.29, 1.82) is 0 Å². The smallest absolute Gasteiger partial charge is 0.497 e. The van der Waals surface area contributed by atoms with E-state index in [1.807, 2.05) is 42.8 Å². The maximum absolute atomic E-state index is 12.0. The van der Waals surface area contributed by atoms with Crippen LogP contribution in [0.3, 0.4) is 0 Å². The van der Waals surface area contributed by atoms with Gasteiger partial charge in [0.05, 0.1) is 12.6 Å². The number of rotatable bonds is 3. The number of nitrogens with zero attached hydrogens (tertiary/aromatic N) is 1. The second-order valence-electron chi connectivity index (χ2n) is 5.14. The van der Waals surface area contributed by atoms with Crippen LogP contribution in [0, 0.1) is 6.92 Å². The maximum Gasteiger partial charge on any atom is 0.520 e. The molecule has 0 saturated heterocycles. The molecule has 1 aromatic heterocycles. The summed E-state index contributed by atoms with van der Waals surface area (Å²) in [5.74, 6) is 1.65. The molecule has 23 heavy (non-hydrogen) atoms. The molecule has 0 N–H and O–H groups in total. The molecule has 3 aromatic rings. The van der Waals surface area contributed by atoms with Crippen molar-refractivity contribution in [3.8, 4) is 17.4 Å². The average Bonchev–Trinajstić information content (AvgIpc) is 2.80. The minimum absolute atomic E-state index is 0.440. The largest absolute Gasteiger partial charge is 0.520 e. The van der Waals surface area contributed by atoms with Gasteiger partial charge in [-0.3, -0.25) is 0 Å². The zero-order chi connectivity index (χ0) is 16.4. The lowest BCUT2D eigenvalue weighted by Gasteiger charge is -2.07. The fourth-order valence-electron chi connectivity index (χ4n) is 2.54. The average molecular weight is 311 g/mol. The Morgan fingerprint density at radius 3 is 2.43 bits per heavy atom. The van der Waals surface area contributed by atoms with Crippen LogP contribution in [-0.4, -0.2) is 17.8 Å². The van der Waals surface area contributed by atoms with Crippen molar-refractivity contribution in [1.82, 2.24) is 4.57 Å². The first kappa shape index (κ1) is 15.0. The first-order chi connectivity index (χ1) is 11.1. The lowest BCUT2D eigenvalue weighted by Crippen LogP contribution is -2.15. The van der Waals surface area contributed by atoms with E-state index in [1.165, 1.54) is 0 Å². The van der Waals surface area contributed by atoms with Crippen LogP contribution in [0.5, 0.6) is 17.4 Å². The number of para-hydroxylation sites is 1. The van der Waals surface area contributed by atoms with E-state index >= 15 is 0 Å². The molecule has 3 rings (SSSR count). The summed E-state index contributed by atoms with van der Waals surface area (Å²) in [5, 5.41) is 0.967. The van der Waals surface area contributed by atoms with Gasteiger partial charge in [-0.15, -0.1) is 0 Å². The minimum atomic E-state index is -0.767. The third-order valence-corrected chi connectivity index (χ3v) is 3.72. The molecule has 0 fully saturated rings. The first-order valence-electron chi connectivity index (χ1n) is 7.18. The van der Waals surface area contributed by atoms with Crippen molar-refractivity contribution in [2.24, 2.45) is 7.05 Å². The highest BCUT2D eigenvalue weighted by Crippen LogP contribution is 2.33. The SMILES string of the molecule is COc1ccc2c(c1)c(C)c(OC(=O)Oc1ccccc1)n2C. The first-order valence-corrected chi connectivity index (χ1v) is 7.18. The summed E-state index contributed by atoms with van der Waals surface area (Å²) in [5.41, 5.74) is 1.80. The second kappa shape index (κ2) is 6.04. The summed E-state index contributed by atoms with van der Waals surface area (Å²) in [4.78, 5) is 12.0. The van der Waals surface area contributed by atoms with Gasteiger partial charge in [-0.25, -0.2) is 4.79 Å². The highest BCUT2D eigenvalue weighted by Gasteiger charge is 2.18. The number of fused-ring (bicyclic) bond motifs is 1. The lowest BCUT2D eigenvalue weighted by atomic mass is 10.2. The maximum atomic E-state index is 12.0. The topological polar surface area (TPSA) is 49.7 Å². The number of hydrogen-bond donors (Lipinski definition) is 0. The number of methoxy groups -OCH3 is 1. The molecule has 1 heterocycles. The molecule has 0 aliphatic rings. The van der Waals surface area contributed by atoms with Gasteiger partial charge in [-0.2, -0.15) is 0 Å². The molecule has 0 bridgehead atoms. The van der Waals surface area contributed by atoms with Crippen LogP contribution >= 0.6 is 0 Å². The highest BCUT2D eigenvalue weighted by molar-refractivity contribution is 5.88. The van der Waals surface area contributed by atoms with Gasteiger partial charge in [-0.05, 0) is 37.3 Å². The quantitative estimate of drug-likeness (QED) is 0.540. The number of aromatic nitrogens is 1. The Morgan fingerprint density at radius 2 is 1.74 bits per heavy atom. The van der Waals surface area contributed by atoms with E-state index < -0.39 is 6.16 Å². The second-order valence-corrected chi connectivity index (χ2v) is 5.14. The third-order valence-electron chi connectivity index (χ3n) is 3.72. The van der Waals surface area contributed by atoms with Gasteiger partial charge in [0.25, 0.3) is 0 Å². The molecule has 0 saturated carbocycles. The van der Waals surface area contributed by atoms with Gasteiger partial charge >= 0.3 is 6.16 Å². The Bertz CT molecular complexity index is 852. The number of carbonyl (C=O) groups is 1. The zero-order valence-corrected chi connectivity index (χ0v) is 13.2. The van der Waals surface area contributed by atoms with Gasteiger partial charge in [0.1, 0.15) is 11.5 Å². The normalized spacial score (nSPS) is 10.6. The summed E-state index contributed by atoms with van der Waals surface area (Å²) >= 11 is 0. The molecule has 0 radical (unpaired) electrons. The standard InChI is InChI=1S/C18H17NO4/c1-12-15-11-14(21-3)9-10-16(15)19(2)17(12)23-18(20)22-13-7-5-4-6-8-13/h4-11H,1-3H3. The van der Waals surface area contributed by atoms with E-state index in [4.69, 9.17) is 14.2 Å². The van der Waals surface area contributed by atoms with Crippen molar-refractivity contribution in [3.05, 3.63) is 54.1 Å². The molecule has 0 aliphatic heterocycles. The molecule has 0 atom stereocenters. The fraction of sp³-hybridized carbons (Fsp3) is 0.167. The van der Waals surface area contributed by atoms with Crippen LogP contribution in [0.15, 0.2) is 48.5 Å². The molecule has 118 valence electrons. The molecule has 0 spiro atoms. The Labute approximate surface area is 134 Å². The monoisotopic (exact) mass is 311 g/mol. The number of hydrogen-bond acceptors (Lipinski definition) is 4. The van der Waals surface area contributed by atoms with Gasteiger partial charge in [0.15, 0.2) is 0 Å². The molecule has 0 aliphatic carbocycles. The van der Waals surface area contributed by atoms with Crippen molar-refractivity contribution in [2.75, 3.05) is 7.11 Å². The molecular formula is C18H17NO4. The number of benzene rings is 2. The Kier molecular flexibility index (Phi) is 3.93. The van der Waals surface area contributed by atoms with E-state index in [1.54, 1.807) is 31.4 Å². The summed E-state index contributed by atoms with van der Waals surface area (Å²) < 4.78 is 17.6. The van der Waals surface area contributed by atoms with Crippen LogP contribution in [0.4, 0.5) is 4.79 Å². The van der Waals surface area contributed by atoms with Crippen LogP contribution in [0.25, 0.3) is 10.9 Å². The molecule has 5 nitrogen and oxygen atoms in total. The van der Waals surface area contributed by atoms with Crippen LogP contribution < -0.4 is 14.2 Å². The number of aryl methyl sites for hydroxylation is 2. The van der Waals surface area contributed by atoms with Crippen LogP contribution in [0.1, 0.15) is 5.56 Å². The Hall–Kier alpha value is -2.95. The van der Waals surface area contributed by atoms with E-state index in [0.717, 1.165) is 22.2 Å². The number of carbonyl (C=O) groups excluding carboxylic acids is 1. The van der Waals surface area contributed by atoms with Gasteiger partial charge in [-0.1, -0.05) is 18.2 Å². The van der Waals surface area contributed by atoms with E-state index in [0.29, 0.717) is 11.6 Å². The van der Waals surface area contributed by atoms with Crippen molar-refractivity contribution >= 4 is 17.1 Å². The van der Waals surface area contributed by atoms with Gasteiger partial charge in [0.2, 0.25) is 5.88 Å². The van der Waals surface area contributed by atoms with Crippen molar-refractivity contribution < 1.29 is 19.0 Å². The fourth-order valence-corrected chi connectivity index (χ4v) is 2.54. The predicted octanol–water partition coefficient (Wildman–Crippen LogP) is 4.07. The summed E-state index contributed by atoms with van der Waals surface area (Å²) in [7, 11) is 3.46. The Balaban J connectivity index is 1.89. The van der Waals surface area contributed by atoms with E-state index in [-0.39, 0.29) is 0 Å². The van der Waals surface area contributed by atoms with E-state index in [2.05, 4.69) is 0 Å².